The minimum Gasteiger partial charge on any atom is -0.313 e. The van der Waals surface area contributed by atoms with Crippen molar-refractivity contribution in [2.24, 2.45) is 0 Å². The molecule has 15 aromatic rings. The monoisotopic (exact) mass is 1200 g/mol. The summed E-state index contributed by atoms with van der Waals surface area (Å²) >= 11 is 0. The molecule has 0 unspecified atom stereocenters. The molecule has 0 atom stereocenters. The molecule has 434 valence electrons. The highest BCUT2D eigenvalue weighted by molar-refractivity contribution is 7.00. The summed E-state index contributed by atoms with van der Waals surface area (Å²) < 4.78 is 2.25. The first-order chi connectivity index (χ1) is 46.4. The number of anilines is 6. The molecule has 0 bridgehead atoms. The van der Waals surface area contributed by atoms with Crippen LogP contribution in [0.3, 0.4) is 0 Å². The summed E-state index contributed by atoms with van der Waals surface area (Å²) in [6.07, 6.45) is 0. The molecule has 0 radical (unpaired) electrons. The van der Waals surface area contributed by atoms with Gasteiger partial charge in [0.2, 0.25) is 0 Å². The van der Waals surface area contributed by atoms with Crippen molar-refractivity contribution in [3.8, 4) is 91.2 Å². The van der Waals surface area contributed by atoms with Gasteiger partial charge in [-0.05, 0) is 125 Å². The molecule has 2 aliphatic rings. The first-order valence-electron chi connectivity index (χ1n) is 30.7. The van der Waals surface area contributed by atoms with Gasteiger partial charge >= 0.3 is 0 Å². The maximum atomic E-state index is 10.5. The van der Waals surface area contributed by atoms with Crippen LogP contribution in [0.1, 0.15) is 5.56 Å². The van der Waals surface area contributed by atoms with E-state index in [1.807, 2.05) is 176 Å². The maximum Gasteiger partial charge on any atom is 0.251 e. The number of para-hydroxylation sites is 2. The number of hydrogen-bond acceptors (Lipinski definition) is 9. The molecule has 0 fully saturated rings. The third-order valence-electron chi connectivity index (χ3n) is 17.7. The molecular weight excluding hydrogens is 1150 g/mol. The Balaban J connectivity index is 0.945. The first-order valence-corrected chi connectivity index (χ1v) is 30.7. The highest BCUT2D eigenvalue weighted by Crippen LogP contribution is 2.48. The Bertz CT molecular complexity index is 5420. The Morgan fingerprint density at radius 2 is 0.734 bits per heavy atom. The van der Waals surface area contributed by atoms with Gasteiger partial charge in [0.05, 0.1) is 41.5 Å². The molecule has 12 aromatic carbocycles. The van der Waals surface area contributed by atoms with Crippen molar-refractivity contribution in [1.82, 2.24) is 34.5 Å². The van der Waals surface area contributed by atoms with Gasteiger partial charge in [-0.1, -0.05) is 188 Å². The van der Waals surface area contributed by atoms with Gasteiger partial charge in [-0.3, -0.25) is 0 Å². The van der Waals surface area contributed by atoms with Crippen LogP contribution in [0.15, 0.2) is 285 Å². The van der Waals surface area contributed by atoms with Crippen LogP contribution in [0.2, 0.25) is 0 Å². The predicted octanol–water partition coefficient (Wildman–Crippen LogP) is 17.9. The molecule has 94 heavy (non-hydrogen) atoms. The summed E-state index contributed by atoms with van der Waals surface area (Å²) in [4.78, 5) is 43.6. The van der Waals surface area contributed by atoms with Crippen LogP contribution in [0.4, 0.5) is 45.5 Å². The third-order valence-corrected chi connectivity index (χ3v) is 17.7. The fraction of sp³-hybridized carbons (Fsp3) is 0. The molecule has 0 amide bonds. The minimum absolute atomic E-state index is 0.254. The van der Waals surface area contributed by atoms with Crippen molar-refractivity contribution < 1.29 is 0 Å². The molecule has 12 nitrogen and oxygen atoms in total. The molecule has 0 N–H and O–H groups in total. The molecule has 13 heteroatoms. The van der Waals surface area contributed by atoms with Crippen molar-refractivity contribution in [2.45, 2.75) is 0 Å². The van der Waals surface area contributed by atoms with Crippen LogP contribution in [0.5, 0.6) is 0 Å². The van der Waals surface area contributed by atoms with E-state index in [0.29, 0.717) is 57.4 Å². The van der Waals surface area contributed by atoms with Crippen LogP contribution in [0, 0.1) is 24.5 Å². The lowest BCUT2D eigenvalue weighted by Crippen LogP contribution is -2.61. The van der Waals surface area contributed by atoms with Crippen LogP contribution >= 0.6 is 0 Å². The summed E-state index contributed by atoms with van der Waals surface area (Å²) in [6.45, 7) is 16.4. The van der Waals surface area contributed by atoms with E-state index in [2.05, 4.69) is 139 Å². The Hall–Kier alpha value is -13.4. The fourth-order valence-corrected chi connectivity index (χ4v) is 13.4. The van der Waals surface area contributed by atoms with E-state index < -0.39 is 0 Å². The van der Waals surface area contributed by atoms with E-state index in [-0.39, 0.29) is 6.71 Å². The Morgan fingerprint density at radius 3 is 1.21 bits per heavy atom. The van der Waals surface area contributed by atoms with Gasteiger partial charge < -0.3 is 14.4 Å². The highest BCUT2D eigenvalue weighted by Gasteiger charge is 2.44. The van der Waals surface area contributed by atoms with E-state index in [0.717, 1.165) is 117 Å². The highest BCUT2D eigenvalue weighted by atomic mass is 15.2. The van der Waals surface area contributed by atoms with E-state index in [1.165, 1.54) is 0 Å². The zero-order valence-corrected chi connectivity index (χ0v) is 50.1. The average molecular weight is 1200 g/mol. The molecule has 0 aliphatic carbocycles. The SMILES string of the molecule is [C-]#[N+]c1ccc(-n2c3ccc(-c4cc5c6c(c4)N(c4ccccc4)c4cc([N+]#[C-])ccc4B6c4ccc(C#N)cc4N5c4ccccc4)cc3c3cc(-c4nc(-c5ccccc5)nc(-c5ccccc5)n4)ccc32)c(-c2nc(-c3ccccc3)nc(-c3ccccc3)n2)c1. The molecule has 0 spiro atoms. The molecule has 2 aliphatic heterocycles. The summed E-state index contributed by atoms with van der Waals surface area (Å²) in [5, 5.41) is 12.4. The number of aromatic nitrogens is 7. The van der Waals surface area contributed by atoms with Crippen molar-refractivity contribution in [3.63, 3.8) is 0 Å². The summed E-state index contributed by atoms with van der Waals surface area (Å²) in [5.74, 6) is 3.01. The van der Waals surface area contributed by atoms with Crippen LogP contribution in [0.25, 0.3) is 117 Å². The third kappa shape index (κ3) is 9.30. The number of benzene rings is 12. The van der Waals surface area contributed by atoms with Gasteiger partial charge in [-0.2, -0.15) is 5.26 Å². The zero-order chi connectivity index (χ0) is 62.8. The number of rotatable bonds is 10. The van der Waals surface area contributed by atoms with Gasteiger partial charge in [0.1, 0.15) is 0 Å². The molecule has 17 rings (SSSR count). The standard InChI is InChI=1S/C81H47BN12/c1-84-59-37-42-70(65(48-59)81-90-78(54-25-13-5-14-26-54)87-79(91-81)55-27-15-6-16-28-55)94-68-40-34-56(44-63(68)64-45-57(35-41-69(64)94)80-88-76(52-21-9-3-10-22-52)86-77(89-80)53-23-11-4-12-24-53)58-46-73-75-74(47-58)93(62-31-19-8-20-32-62)72-49-60(85-2)36-39-67(72)82(75)66-38-33-51(50-83)43-71(66)92(73)61-29-17-7-18-30-61/h3-49H. The second kappa shape index (κ2) is 22.6. The van der Waals surface area contributed by atoms with Gasteiger partial charge in [0, 0.05) is 78.3 Å². The second-order valence-corrected chi connectivity index (χ2v) is 23.1. The summed E-state index contributed by atoms with van der Waals surface area (Å²) in [5.41, 5.74) is 19.5. The molecule has 5 heterocycles. The number of nitriles is 1. The fourth-order valence-electron chi connectivity index (χ4n) is 13.4. The van der Waals surface area contributed by atoms with E-state index in [4.69, 9.17) is 43.0 Å². The lowest BCUT2D eigenvalue weighted by molar-refractivity contribution is 1.06. The number of nitrogens with zero attached hydrogens (tertiary/aromatic N) is 12. The summed E-state index contributed by atoms with van der Waals surface area (Å²) in [7, 11) is 0. The van der Waals surface area contributed by atoms with Crippen LogP contribution in [-0.4, -0.2) is 41.2 Å². The Labute approximate surface area is 541 Å². The lowest BCUT2D eigenvalue weighted by atomic mass is 9.33. The van der Waals surface area contributed by atoms with Crippen molar-refractivity contribution in [3.05, 3.63) is 314 Å². The normalized spacial score (nSPS) is 11.9. The van der Waals surface area contributed by atoms with Gasteiger partial charge in [-0.15, -0.1) is 0 Å². The van der Waals surface area contributed by atoms with E-state index >= 15 is 0 Å². The molecular formula is C81H47BN12. The number of hydrogen-bond donors (Lipinski definition) is 0. The average Bonchev–Trinajstić information content (AvgIpc) is 0.744. The molecule has 0 saturated carbocycles. The van der Waals surface area contributed by atoms with Crippen molar-refractivity contribution >= 4 is 90.4 Å². The Kier molecular flexibility index (Phi) is 13.1. The van der Waals surface area contributed by atoms with Gasteiger partial charge in [-0.25, -0.2) is 39.6 Å². The van der Waals surface area contributed by atoms with Crippen molar-refractivity contribution in [2.75, 3.05) is 9.80 Å². The van der Waals surface area contributed by atoms with Crippen LogP contribution in [-0.2, 0) is 0 Å². The van der Waals surface area contributed by atoms with E-state index in [1.54, 1.807) is 0 Å². The smallest absolute Gasteiger partial charge is 0.251 e. The van der Waals surface area contributed by atoms with Gasteiger partial charge in [0.15, 0.2) is 46.3 Å². The van der Waals surface area contributed by atoms with Crippen LogP contribution < -0.4 is 26.2 Å². The molecule has 0 saturated heterocycles. The molecule has 3 aromatic heterocycles. The van der Waals surface area contributed by atoms with Crippen molar-refractivity contribution in [1.29, 1.82) is 5.26 Å². The van der Waals surface area contributed by atoms with Gasteiger partial charge in [0.25, 0.3) is 6.71 Å². The summed E-state index contributed by atoms with van der Waals surface area (Å²) in [6, 6.07) is 98.4. The maximum absolute atomic E-state index is 10.5. The zero-order valence-electron chi connectivity index (χ0n) is 50.1. The Morgan fingerprint density at radius 1 is 0.330 bits per heavy atom. The largest absolute Gasteiger partial charge is 0.313 e. The minimum atomic E-state index is -0.254. The number of fused-ring (bicyclic) bond motifs is 7. The predicted molar refractivity (Wildman–Crippen MR) is 377 cm³/mol. The lowest BCUT2D eigenvalue weighted by Gasteiger charge is -2.44. The second-order valence-electron chi connectivity index (χ2n) is 23.1. The topological polar surface area (TPSA) is 121 Å². The quantitative estimate of drug-likeness (QED) is 0.0973. The first kappa shape index (κ1) is 54.7. The van der Waals surface area contributed by atoms with E-state index in [9.17, 15) is 5.26 Å².